The second kappa shape index (κ2) is 6.79. The van der Waals surface area contributed by atoms with Gasteiger partial charge in [0, 0.05) is 6.54 Å². The third-order valence-corrected chi connectivity index (χ3v) is 3.26. The van der Waals surface area contributed by atoms with Gasteiger partial charge in [0.15, 0.2) is 0 Å². The van der Waals surface area contributed by atoms with Gasteiger partial charge in [-0.3, -0.25) is 4.79 Å². The van der Waals surface area contributed by atoms with Crippen LogP contribution in [0.1, 0.15) is 23.7 Å². The molecule has 2 rings (SSSR count). The highest BCUT2D eigenvalue weighted by Gasteiger charge is 2.21. The first-order valence-corrected chi connectivity index (χ1v) is 6.98. The van der Waals surface area contributed by atoms with Crippen molar-refractivity contribution in [2.24, 2.45) is 0 Å². The Hall–Kier alpha value is -2.49. The highest BCUT2D eigenvalue weighted by atomic mass is 16.5. The van der Waals surface area contributed by atoms with Gasteiger partial charge in [0.1, 0.15) is 5.75 Å². The van der Waals surface area contributed by atoms with E-state index in [1.165, 1.54) is 0 Å². The number of amides is 1. The van der Waals surface area contributed by atoms with E-state index in [0.29, 0.717) is 23.5 Å². The molecule has 2 N–H and O–H groups in total. The van der Waals surface area contributed by atoms with Crippen LogP contribution in [0.5, 0.6) is 5.75 Å². The van der Waals surface area contributed by atoms with Gasteiger partial charge >= 0.3 is 0 Å². The zero-order chi connectivity index (χ0) is 15.2. The summed E-state index contributed by atoms with van der Waals surface area (Å²) in [6, 6.07) is 14.6. The predicted molar refractivity (Wildman–Crippen MR) is 85.8 cm³/mol. The molecule has 4 heteroatoms. The first-order chi connectivity index (χ1) is 10.2. The second-order valence-corrected chi connectivity index (χ2v) is 4.72. The first-order valence-electron chi connectivity index (χ1n) is 6.98. The predicted octanol–water partition coefficient (Wildman–Crippen LogP) is 3.33. The topological polar surface area (TPSA) is 55.6 Å². The standard InChI is InChI=1S/C17H20N2O2/c1-3-12-19(15-10-6-5-9-14(15)18)17(20)13-8-4-7-11-16(13)21-2/h4-11H,3,12,18H2,1-2H3. The van der Waals surface area contributed by atoms with Crippen LogP contribution in [0, 0.1) is 0 Å². The Morgan fingerprint density at radius 2 is 1.81 bits per heavy atom. The van der Waals surface area contributed by atoms with Crippen molar-refractivity contribution < 1.29 is 9.53 Å². The number of nitrogens with two attached hydrogens (primary N) is 1. The molecule has 0 aliphatic rings. The monoisotopic (exact) mass is 284 g/mol. The van der Waals surface area contributed by atoms with Gasteiger partial charge in [-0.15, -0.1) is 0 Å². The molecular formula is C17H20N2O2. The highest BCUT2D eigenvalue weighted by Crippen LogP contribution is 2.27. The molecule has 0 atom stereocenters. The number of nitrogen functional groups attached to an aromatic ring is 1. The lowest BCUT2D eigenvalue weighted by atomic mass is 10.1. The summed E-state index contributed by atoms with van der Waals surface area (Å²) in [6.07, 6.45) is 0.842. The molecule has 4 nitrogen and oxygen atoms in total. The Labute approximate surface area is 125 Å². The molecule has 0 spiro atoms. The van der Waals surface area contributed by atoms with E-state index in [2.05, 4.69) is 0 Å². The Morgan fingerprint density at radius 1 is 1.14 bits per heavy atom. The molecule has 0 saturated carbocycles. The number of carbonyl (C=O) groups excluding carboxylic acids is 1. The van der Waals surface area contributed by atoms with Crippen LogP contribution < -0.4 is 15.4 Å². The summed E-state index contributed by atoms with van der Waals surface area (Å²) in [5.41, 5.74) is 7.88. The van der Waals surface area contributed by atoms with Crippen molar-refractivity contribution >= 4 is 17.3 Å². The van der Waals surface area contributed by atoms with Crippen molar-refractivity contribution in [3.63, 3.8) is 0 Å². The van der Waals surface area contributed by atoms with Crippen LogP contribution in [0.25, 0.3) is 0 Å². The van der Waals surface area contributed by atoms with E-state index in [-0.39, 0.29) is 5.91 Å². The van der Waals surface area contributed by atoms with Crippen LogP contribution in [0.4, 0.5) is 11.4 Å². The molecule has 21 heavy (non-hydrogen) atoms. The summed E-state index contributed by atoms with van der Waals surface area (Å²) in [5, 5.41) is 0. The fourth-order valence-electron chi connectivity index (χ4n) is 2.26. The van der Waals surface area contributed by atoms with E-state index >= 15 is 0 Å². The van der Waals surface area contributed by atoms with Crippen molar-refractivity contribution in [2.45, 2.75) is 13.3 Å². The summed E-state index contributed by atoms with van der Waals surface area (Å²) in [4.78, 5) is 14.6. The lowest BCUT2D eigenvalue weighted by Gasteiger charge is -2.24. The molecule has 0 unspecified atom stereocenters. The number of para-hydroxylation sites is 3. The number of hydrogen-bond donors (Lipinski definition) is 1. The SMILES string of the molecule is CCCN(C(=O)c1ccccc1OC)c1ccccc1N. The minimum absolute atomic E-state index is 0.104. The van der Waals surface area contributed by atoms with Gasteiger partial charge in [-0.05, 0) is 30.7 Å². The number of methoxy groups -OCH3 is 1. The molecule has 0 fully saturated rings. The van der Waals surface area contributed by atoms with Gasteiger partial charge in [-0.2, -0.15) is 0 Å². The number of anilines is 2. The Kier molecular flexibility index (Phi) is 4.82. The van der Waals surface area contributed by atoms with E-state index in [1.54, 1.807) is 30.2 Å². The normalized spacial score (nSPS) is 10.2. The fraction of sp³-hybridized carbons (Fsp3) is 0.235. The summed E-state index contributed by atoms with van der Waals surface area (Å²) in [5.74, 6) is 0.463. The van der Waals surface area contributed by atoms with Crippen molar-refractivity contribution in [1.82, 2.24) is 0 Å². The quantitative estimate of drug-likeness (QED) is 0.857. The molecule has 0 aliphatic heterocycles. The first kappa shape index (κ1) is 14.9. The largest absolute Gasteiger partial charge is 0.496 e. The molecular weight excluding hydrogens is 264 g/mol. The molecule has 0 aromatic heterocycles. The Balaban J connectivity index is 2.43. The number of rotatable bonds is 5. The molecule has 0 heterocycles. The maximum atomic E-state index is 12.9. The Bertz CT molecular complexity index is 626. The van der Waals surface area contributed by atoms with Gasteiger partial charge in [0.2, 0.25) is 0 Å². The molecule has 0 bridgehead atoms. The van der Waals surface area contributed by atoms with Crippen molar-refractivity contribution in [2.75, 3.05) is 24.3 Å². The minimum Gasteiger partial charge on any atom is -0.496 e. The molecule has 110 valence electrons. The van der Waals surface area contributed by atoms with Gasteiger partial charge in [-0.25, -0.2) is 0 Å². The van der Waals surface area contributed by atoms with Crippen molar-refractivity contribution in [3.05, 3.63) is 54.1 Å². The van der Waals surface area contributed by atoms with Crippen LogP contribution in [0.15, 0.2) is 48.5 Å². The molecule has 0 aliphatic carbocycles. The molecule has 0 radical (unpaired) electrons. The van der Waals surface area contributed by atoms with Gasteiger partial charge in [0.05, 0.1) is 24.0 Å². The van der Waals surface area contributed by atoms with Crippen molar-refractivity contribution in [3.8, 4) is 5.75 Å². The average molecular weight is 284 g/mol. The number of ether oxygens (including phenoxy) is 1. The van der Waals surface area contributed by atoms with E-state index < -0.39 is 0 Å². The highest BCUT2D eigenvalue weighted by molar-refractivity contribution is 6.09. The Morgan fingerprint density at radius 3 is 2.48 bits per heavy atom. The van der Waals surface area contributed by atoms with Gasteiger partial charge in [0.25, 0.3) is 5.91 Å². The van der Waals surface area contributed by atoms with E-state index in [0.717, 1.165) is 12.1 Å². The lowest BCUT2D eigenvalue weighted by molar-refractivity contribution is 0.0984. The molecule has 2 aromatic carbocycles. The fourth-order valence-corrected chi connectivity index (χ4v) is 2.26. The third kappa shape index (κ3) is 3.16. The maximum Gasteiger partial charge on any atom is 0.262 e. The maximum absolute atomic E-state index is 12.9. The lowest BCUT2D eigenvalue weighted by Crippen LogP contribution is -2.32. The molecule has 2 aromatic rings. The van der Waals surface area contributed by atoms with E-state index in [1.807, 2.05) is 37.3 Å². The summed E-state index contributed by atoms with van der Waals surface area (Å²) < 4.78 is 5.28. The molecule has 1 amide bonds. The minimum atomic E-state index is -0.104. The number of nitrogens with zero attached hydrogens (tertiary/aromatic N) is 1. The van der Waals surface area contributed by atoms with Crippen LogP contribution in [0.2, 0.25) is 0 Å². The smallest absolute Gasteiger partial charge is 0.262 e. The third-order valence-electron chi connectivity index (χ3n) is 3.26. The summed E-state index contributed by atoms with van der Waals surface area (Å²) >= 11 is 0. The van der Waals surface area contributed by atoms with E-state index in [4.69, 9.17) is 10.5 Å². The van der Waals surface area contributed by atoms with Crippen LogP contribution >= 0.6 is 0 Å². The van der Waals surface area contributed by atoms with Crippen LogP contribution in [-0.2, 0) is 0 Å². The summed E-state index contributed by atoms with van der Waals surface area (Å²) in [7, 11) is 1.56. The average Bonchev–Trinajstić information content (AvgIpc) is 2.53. The summed E-state index contributed by atoms with van der Waals surface area (Å²) in [6.45, 7) is 2.63. The molecule has 0 saturated heterocycles. The second-order valence-electron chi connectivity index (χ2n) is 4.72. The number of benzene rings is 2. The number of hydrogen-bond acceptors (Lipinski definition) is 3. The van der Waals surface area contributed by atoms with Crippen LogP contribution in [-0.4, -0.2) is 19.6 Å². The van der Waals surface area contributed by atoms with Gasteiger partial charge in [-0.1, -0.05) is 31.2 Å². The number of carbonyl (C=O) groups is 1. The zero-order valence-electron chi connectivity index (χ0n) is 12.4. The van der Waals surface area contributed by atoms with Crippen molar-refractivity contribution in [1.29, 1.82) is 0 Å². The van der Waals surface area contributed by atoms with Crippen LogP contribution in [0.3, 0.4) is 0 Å². The van der Waals surface area contributed by atoms with Gasteiger partial charge < -0.3 is 15.4 Å². The van der Waals surface area contributed by atoms with E-state index in [9.17, 15) is 4.79 Å². The zero-order valence-corrected chi connectivity index (χ0v) is 12.4.